The van der Waals surface area contributed by atoms with E-state index >= 15 is 0 Å². The van der Waals surface area contributed by atoms with Crippen molar-refractivity contribution in [1.82, 2.24) is 15.1 Å². The molecule has 3 heterocycles. The molecule has 7 nitrogen and oxygen atoms in total. The molecule has 0 aliphatic carbocycles. The summed E-state index contributed by atoms with van der Waals surface area (Å²) >= 11 is 0. The molecule has 0 bridgehead atoms. The van der Waals surface area contributed by atoms with Crippen molar-refractivity contribution in [2.75, 3.05) is 13.1 Å². The molecular formula is C30H25N3O4. The number of nitrogens with one attached hydrogen (secondary N) is 1. The third-order valence-corrected chi connectivity index (χ3v) is 7.27. The molecule has 184 valence electrons. The number of amides is 1. The van der Waals surface area contributed by atoms with Gasteiger partial charge in [-0.1, -0.05) is 72.8 Å². The van der Waals surface area contributed by atoms with E-state index in [1.165, 1.54) is 0 Å². The number of carbonyl (C=O) groups is 2. The number of rotatable bonds is 3. The van der Waals surface area contributed by atoms with Crippen LogP contribution in [0.2, 0.25) is 0 Å². The number of nitrogens with zero attached hydrogens (tertiary/aromatic N) is 2. The van der Waals surface area contributed by atoms with Gasteiger partial charge in [0.15, 0.2) is 5.78 Å². The third kappa shape index (κ3) is 4.12. The number of fused-ring (bicyclic) bond motifs is 1. The smallest absolute Gasteiger partial charge is 0.277 e. The number of piperidine rings is 1. The van der Waals surface area contributed by atoms with Gasteiger partial charge in [-0.15, -0.1) is 0 Å². The predicted molar refractivity (Wildman–Crippen MR) is 140 cm³/mol. The first-order valence-electron chi connectivity index (χ1n) is 12.4. The molecule has 0 unspecified atom stereocenters. The van der Waals surface area contributed by atoms with E-state index in [2.05, 4.69) is 10.2 Å². The Morgan fingerprint density at radius 3 is 2.16 bits per heavy atom. The number of hydrogen-bond donors (Lipinski definition) is 1. The van der Waals surface area contributed by atoms with Crippen LogP contribution in [0.1, 0.15) is 40.0 Å². The molecule has 37 heavy (non-hydrogen) atoms. The van der Waals surface area contributed by atoms with Crippen molar-refractivity contribution in [3.63, 3.8) is 0 Å². The molecule has 0 atom stereocenters. The van der Waals surface area contributed by atoms with Crippen LogP contribution < -0.4 is 10.3 Å². The highest BCUT2D eigenvalue weighted by Crippen LogP contribution is 2.40. The number of likely N-dealkylation sites (tertiary alicyclic amines) is 1. The first-order chi connectivity index (χ1) is 18.0. The second kappa shape index (κ2) is 9.17. The van der Waals surface area contributed by atoms with Gasteiger partial charge in [-0.05, 0) is 17.7 Å². The average Bonchev–Trinajstić information content (AvgIpc) is 2.94. The van der Waals surface area contributed by atoms with Gasteiger partial charge in [-0.25, -0.2) is 5.10 Å². The Hall–Kier alpha value is -4.52. The molecule has 1 N–H and O–H groups in total. The maximum Gasteiger partial charge on any atom is 0.277 e. The van der Waals surface area contributed by atoms with Crippen molar-refractivity contribution in [3.8, 4) is 28.1 Å². The average molecular weight is 492 g/mol. The molecule has 1 saturated heterocycles. The molecule has 4 aromatic rings. The lowest BCUT2D eigenvalue weighted by Crippen LogP contribution is -2.52. The number of aromatic amines is 1. The number of H-pyrrole nitrogens is 1. The molecule has 1 fully saturated rings. The van der Waals surface area contributed by atoms with Gasteiger partial charge in [0.05, 0.1) is 17.7 Å². The summed E-state index contributed by atoms with van der Waals surface area (Å²) in [6.07, 6.45) is 1.30. The molecular weight excluding hydrogens is 466 g/mol. The number of benzene rings is 3. The predicted octanol–water partition coefficient (Wildman–Crippen LogP) is 4.74. The monoisotopic (exact) mass is 491 g/mol. The number of ether oxygens (including phenoxy) is 1. The Kier molecular flexibility index (Phi) is 5.68. The Balaban J connectivity index is 1.34. The first kappa shape index (κ1) is 22.9. The van der Waals surface area contributed by atoms with Crippen molar-refractivity contribution in [3.05, 3.63) is 106 Å². The highest BCUT2D eigenvalue weighted by atomic mass is 16.5. The van der Waals surface area contributed by atoms with Crippen molar-refractivity contribution in [2.24, 2.45) is 0 Å². The topological polar surface area (TPSA) is 92.4 Å². The minimum atomic E-state index is -0.635. The van der Waals surface area contributed by atoms with E-state index in [0.717, 1.165) is 11.1 Å². The second-order valence-electron chi connectivity index (χ2n) is 9.56. The number of ketones is 1. The normalized spacial score (nSPS) is 16.2. The van der Waals surface area contributed by atoms with Crippen molar-refractivity contribution in [1.29, 1.82) is 0 Å². The van der Waals surface area contributed by atoms with Gasteiger partial charge in [0, 0.05) is 37.1 Å². The lowest BCUT2D eigenvalue weighted by Gasteiger charge is -2.44. The van der Waals surface area contributed by atoms with E-state index in [1.54, 1.807) is 11.0 Å². The quantitative estimate of drug-likeness (QED) is 0.447. The summed E-state index contributed by atoms with van der Waals surface area (Å²) in [7, 11) is 0. The first-order valence-corrected chi connectivity index (χ1v) is 12.4. The second-order valence-corrected chi connectivity index (χ2v) is 9.56. The summed E-state index contributed by atoms with van der Waals surface area (Å²) in [4.78, 5) is 41.5. The Morgan fingerprint density at radius 2 is 1.46 bits per heavy atom. The molecule has 1 aromatic heterocycles. The highest BCUT2D eigenvalue weighted by Gasteiger charge is 2.44. The molecule has 6 rings (SSSR count). The van der Waals surface area contributed by atoms with Crippen LogP contribution >= 0.6 is 0 Å². The van der Waals surface area contributed by atoms with Crippen LogP contribution in [0.25, 0.3) is 22.4 Å². The minimum absolute atomic E-state index is 0.0612. The number of para-hydroxylation sites is 1. The Bertz CT molecular complexity index is 1540. The van der Waals surface area contributed by atoms with E-state index in [1.807, 2.05) is 78.9 Å². The summed E-state index contributed by atoms with van der Waals surface area (Å²) < 4.78 is 6.32. The fourth-order valence-corrected chi connectivity index (χ4v) is 5.34. The molecule has 3 aromatic carbocycles. The fraction of sp³-hybridized carbons (Fsp3) is 0.200. The van der Waals surface area contributed by atoms with Gasteiger partial charge in [0.1, 0.15) is 16.9 Å². The van der Waals surface area contributed by atoms with Gasteiger partial charge in [-0.2, -0.15) is 5.10 Å². The van der Waals surface area contributed by atoms with Crippen LogP contribution in [-0.4, -0.2) is 45.5 Å². The third-order valence-electron chi connectivity index (χ3n) is 7.27. The zero-order valence-electron chi connectivity index (χ0n) is 20.1. The Morgan fingerprint density at radius 1 is 0.838 bits per heavy atom. The van der Waals surface area contributed by atoms with E-state index < -0.39 is 11.2 Å². The van der Waals surface area contributed by atoms with Gasteiger partial charge in [-0.3, -0.25) is 14.4 Å². The summed E-state index contributed by atoms with van der Waals surface area (Å²) in [5, 5.41) is 6.89. The lowest BCUT2D eigenvalue weighted by molar-refractivity contribution is -0.00572. The van der Waals surface area contributed by atoms with E-state index in [0.29, 0.717) is 48.5 Å². The number of carbonyl (C=O) groups excluding carboxylic acids is 2. The zero-order valence-corrected chi connectivity index (χ0v) is 20.1. The molecule has 1 amide bonds. The highest BCUT2D eigenvalue weighted by molar-refractivity contribution is 6.04. The molecule has 7 heteroatoms. The summed E-state index contributed by atoms with van der Waals surface area (Å²) in [5.74, 6) is 0.311. The van der Waals surface area contributed by atoms with Gasteiger partial charge >= 0.3 is 0 Å². The summed E-state index contributed by atoms with van der Waals surface area (Å²) in [6, 6.07) is 26.2. The fourth-order valence-electron chi connectivity index (χ4n) is 5.34. The van der Waals surface area contributed by atoms with Crippen LogP contribution in [0.4, 0.5) is 0 Å². The number of Topliss-reactive ketones (excluding diaryl/α,β-unsaturated/α-hetero) is 1. The summed E-state index contributed by atoms with van der Waals surface area (Å²) in [5.41, 5.74) is 2.12. The molecule has 0 radical (unpaired) electrons. The molecule has 0 saturated carbocycles. The van der Waals surface area contributed by atoms with E-state index in [-0.39, 0.29) is 23.7 Å². The van der Waals surface area contributed by atoms with Gasteiger partial charge < -0.3 is 9.64 Å². The van der Waals surface area contributed by atoms with Crippen molar-refractivity contribution in [2.45, 2.75) is 24.9 Å². The van der Waals surface area contributed by atoms with Crippen LogP contribution in [0, 0.1) is 0 Å². The van der Waals surface area contributed by atoms with Crippen LogP contribution in [-0.2, 0) is 0 Å². The molecule has 2 aliphatic heterocycles. The van der Waals surface area contributed by atoms with Gasteiger partial charge in [0.25, 0.3) is 11.5 Å². The summed E-state index contributed by atoms with van der Waals surface area (Å²) in [6.45, 7) is 0.760. The zero-order chi connectivity index (χ0) is 25.4. The standard InChI is InChI=1S/C30H25N3O4/c34-23-19-30(37-24-14-8-7-13-22(23)24)15-17-33(18-16-30)29(36)26-25(20-9-3-1-4-10-20)27(31-32-28(26)35)21-11-5-2-6-12-21/h1-14H,15-19H2,(H,32,35). The van der Waals surface area contributed by atoms with Crippen LogP contribution in [0.3, 0.4) is 0 Å². The lowest BCUT2D eigenvalue weighted by atomic mass is 9.82. The van der Waals surface area contributed by atoms with Crippen LogP contribution in [0.5, 0.6) is 5.75 Å². The van der Waals surface area contributed by atoms with Gasteiger partial charge in [0.2, 0.25) is 0 Å². The molecule has 2 aliphatic rings. The largest absolute Gasteiger partial charge is 0.486 e. The minimum Gasteiger partial charge on any atom is -0.486 e. The maximum atomic E-state index is 13.9. The number of hydrogen-bond acceptors (Lipinski definition) is 5. The van der Waals surface area contributed by atoms with Crippen molar-refractivity contribution >= 4 is 11.7 Å². The number of aromatic nitrogens is 2. The molecule has 1 spiro atoms. The SMILES string of the molecule is O=C1CC2(CCN(C(=O)c3c(-c4ccccc4)c(-c4ccccc4)n[nH]c3=O)CC2)Oc2ccccc21. The van der Waals surface area contributed by atoms with E-state index in [9.17, 15) is 14.4 Å². The maximum absolute atomic E-state index is 13.9. The Labute approximate surface area is 213 Å². The van der Waals surface area contributed by atoms with Crippen molar-refractivity contribution < 1.29 is 14.3 Å². The van der Waals surface area contributed by atoms with Crippen LogP contribution in [0.15, 0.2) is 89.7 Å². The van der Waals surface area contributed by atoms with E-state index in [4.69, 9.17) is 4.74 Å².